The van der Waals surface area contributed by atoms with Crippen molar-refractivity contribution in [3.63, 3.8) is 0 Å². The van der Waals surface area contributed by atoms with Crippen molar-refractivity contribution in [2.45, 2.75) is 50.9 Å². The summed E-state index contributed by atoms with van der Waals surface area (Å²) in [5.41, 5.74) is 0.590. The lowest BCUT2D eigenvalue weighted by Gasteiger charge is -2.16. The van der Waals surface area contributed by atoms with Crippen LogP contribution in [0.25, 0.3) is 10.9 Å². The monoisotopic (exact) mass is 389 g/mol. The van der Waals surface area contributed by atoms with Crippen molar-refractivity contribution >= 4 is 28.6 Å². The number of ether oxygens (including phenoxy) is 1. The minimum atomic E-state index is -0.0705. The molecule has 0 bridgehead atoms. The van der Waals surface area contributed by atoms with E-state index in [1.165, 1.54) is 11.8 Å². The number of thioether (sulfide) groups is 1. The second-order valence-corrected chi connectivity index (χ2v) is 8.23. The van der Waals surface area contributed by atoms with E-state index in [4.69, 9.17) is 4.74 Å². The molecule has 0 saturated carbocycles. The maximum atomic E-state index is 13.0. The van der Waals surface area contributed by atoms with Crippen molar-refractivity contribution in [3.05, 3.63) is 34.6 Å². The molecule has 0 radical (unpaired) electrons. The lowest BCUT2D eigenvalue weighted by Crippen LogP contribution is -2.30. The van der Waals surface area contributed by atoms with Crippen LogP contribution in [0.15, 0.2) is 34.2 Å². The molecule has 7 heteroatoms. The van der Waals surface area contributed by atoms with Crippen LogP contribution in [0.5, 0.6) is 0 Å². The maximum Gasteiger partial charge on any atom is 0.262 e. The second kappa shape index (κ2) is 9.37. The number of rotatable bonds is 8. The lowest BCUT2D eigenvalue weighted by molar-refractivity contribution is -0.118. The fraction of sp³-hybridized carbons (Fsp3) is 0.550. The second-order valence-electron chi connectivity index (χ2n) is 7.28. The fourth-order valence-electron chi connectivity index (χ4n) is 3.09. The third kappa shape index (κ3) is 5.32. The summed E-state index contributed by atoms with van der Waals surface area (Å²) in [5, 5.41) is 4.10. The highest BCUT2D eigenvalue weighted by Gasteiger charge is 2.20. The Morgan fingerprint density at radius 1 is 1.41 bits per heavy atom. The van der Waals surface area contributed by atoms with Crippen LogP contribution < -0.4 is 10.9 Å². The molecule has 1 saturated heterocycles. The summed E-state index contributed by atoms with van der Waals surface area (Å²) in [6, 6.07) is 7.34. The standard InChI is InChI=1S/C20H27N3O3S/c1-14(2)9-10-21-18(24)13-27-20-22-17-8-4-3-7-16(17)19(25)23(20)12-15-6-5-11-26-15/h3-4,7-8,14-15H,5-6,9-13H2,1-2H3,(H,21,24). The minimum Gasteiger partial charge on any atom is -0.376 e. The molecule has 0 aliphatic carbocycles. The van der Waals surface area contributed by atoms with Gasteiger partial charge in [-0.25, -0.2) is 4.98 Å². The third-order valence-electron chi connectivity index (χ3n) is 4.61. The van der Waals surface area contributed by atoms with Crippen LogP contribution in [0.1, 0.15) is 33.1 Å². The third-order valence-corrected chi connectivity index (χ3v) is 5.59. The Hall–Kier alpha value is -1.86. The van der Waals surface area contributed by atoms with E-state index in [-0.39, 0.29) is 23.3 Å². The molecule has 1 atom stereocenters. The van der Waals surface area contributed by atoms with Crippen molar-refractivity contribution in [3.8, 4) is 0 Å². The molecule has 1 aliphatic heterocycles. The van der Waals surface area contributed by atoms with Crippen LogP contribution in [0.4, 0.5) is 0 Å². The number of carbonyl (C=O) groups is 1. The van der Waals surface area contributed by atoms with Gasteiger partial charge in [0.15, 0.2) is 5.16 Å². The van der Waals surface area contributed by atoms with Crippen molar-refractivity contribution in [2.75, 3.05) is 18.9 Å². The van der Waals surface area contributed by atoms with E-state index in [1.807, 2.05) is 18.2 Å². The summed E-state index contributed by atoms with van der Waals surface area (Å²) in [6.45, 7) is 6.15. The van der Waals surface area contributed by atoms with Crippen LogP contribution in [0.3, 0.4) is 0 Å². The molecule has 3 rings (SSSR count). The van der Waals surface area contributed by atoms with E-state index in [0.29, 0.717) is 35.1 Å². The van der Waals surface area contributed by atoms with Crippen LogP contribution >= 0.6 is 11.8 Å². The Morgan fingerprint density at radius 2 is 2.22 bits per heavy atom. The average molecular weight is 390 g/mol. The molecule has 1 unspecified atom stereocenters. The number of amides is 1. The number of para-hydroxylation sites is 1. The molecule has 27 heavy (non-hydrogen) atoms. The number of carbonyl (C=O) groups excluding carboxylic acids is 1. The highest BCUT2D eigenvalue weighted by Crippen LogP contribution is 2.20. The summed E-state index contributed by atoms with van der Waals surface area (Å²) in [5.74, 6) is 0.762. The van der Waals surface area contributed by atoms with E-state index in [1.54, 1.807) is 10.6 Å². The van der Waals surface area contributed by atoms with Gasteiger partial charge in [0.05, 0.1) is 29.3 Å². The summed E-state index contributed by atoms with van der Waals surface area (Å²) < 4.78 is 7.37. The molecule has 1 aromatic heterocycles. The molecule has 1 amide bonds. The number of benzene rings is 1. The largest absolute Gasteiger partial charge is 0.376 e. The molecule has 0 spiro atoms. The Labute approximate surface area is 163 Å². The summed E-state index contributed by atoms with van der Waals surface area (Å²) in [7, 11) is 0. The van der Waals surface area contributed by atoms with Gasteiger partial charge in [0.2, 0.25) is 5.91 Å². The number of fused-ring (bicyclic) bond motifs is 1. The van der Waals surface area contributed by atoms with Gasteiger partial charge in [-0.1, -0.05) is 37.7 Å². The molecular formula is C20H27N3O3S. The van der Waals surface area contributed by atoms with Gasteiger partial charge in [-0.15, -0.1) is 0 Å². The van der Waals surface area contributed by atoms with E-state index >= 15 is 0 Å². The van der Waals surface area contributed by atoms with Gasteiger partial charge in [-0.05, 0) is 37.3 Å². The maximum absolute atomic E-state index is 13.0. The first-order valence-electron chi connectivity index (χ1n) is 9.55. The number of aromatic nitrogens is 2. The first-order valence-corrected chi connectivity index (χ1v) is 10.5. The first-order chi connectivity index (χ1) is 13.0. The zero-order valence-corrected chi connectivity index (χ0v) is 16.8. The summed E-state index contributed by atoms with van der Waals surface area (Å²) >= 11 is 1.31. The zero-order chi connectivity index (χ0) is 19.2. The Balaban J connectivity index is 1.77. The summed E-state index contributed by atoms with van der Waals surface area (Å²) in [6.07, 6.45) is 2.94. The Morgan fingerprint density at radius 3 is 2.96 bits per heavy atom. The molecule has 1 N–H and O–H groups in total. The zero-order valence-electron chi connectivity index (χ0n) is 15.9. The van der Waals surface area contributed by atoms with Gasteiger partial charge in [0, 0.05) is 13.2 Å². The molecule has 2 aromatic rings. The van der Waals surface area contributed by atoms with Gasteiger partial charge >= 0.3 is 0 Å². The van der Waals surface area contributed by atoms with Crippen LogP contribution in [-0.2, 0) is 16.1 Å². The van der Waals surface area contributed by atoms with Crippen molar-refractivity contribution in [1.29, 1.82) is 0 Å². The minimum absolute atomic E-state index is 0.0323. The van der Waals surface area contributed by atoms with Gasteiger partial charge < -0.3 is 10.1 Å². The van der Waals surface area contributed by atoms with E-state index < -0.39 is 0 Å². The Bertz CT molecular complexity index is 844. The number of hydrogen-bond acceptors (Lipinski definition) is 5. The average Bonchev–Trinajstić information content (AvgIpc) is 3.15. The smallest absolute Gasteiger partial charge is 0.262 e. The summed E-state index contributed by atoms with van der Waals surface area (Å²) in [4.78, 5) is 29.8. The van der Waals surface area contributed by atoms with Gasteiger partial charge in [-0.3, -0.25) is 14.2 Å². The normalized spacial score (nSPS) is 16.9. The van der Waals surface area contributed by atoms with Gasteiger partial charge in [0.25, 0.3) is 5.56 Å². The van der Waals surface area contributed by atoms with Crippen molar-refractivity contribution < 1.29 is 9.53 Å². The van der Waals surface area contributed by atoms with Crippen LogP contribution in [0, 0.1) is 5.92 Å². The molecular weight excluding hydrogens is 362 g/mol. The highest BCUT2D eigenvalue weighted by molar-refractivity contribution is 7.99. The lowest BCUT2D eigenvalue weighted by atomic mass is 10.1. The number of nitrogens with zero attached hydrogens (tertiary/aromatic N) is 2. The van der Waals surface area contributed by atoms with Crippen molar-refractivity contribution in [2.24, 2.45) is 5.92 Å². The predicted molar refractivity (Wildman–Crippen MR) is 108 cm³/mol. The van der Waals surface area contributed by atoms with Crippen molar-refractivity contribution in [1.82, 2.24) is 14.9 Å². The number of hydrogen-bond donors (Lipinski definition) is 1. The number of nitrogens with one attached hydrogen (secondary N) is 1. The first kappa shape index (κ1) is 19.9. The molecule has 6 nitrogen and oxygen atoms in total. The van der Waals surface area contributed by atoms with E-state index in [2.05, 4.69) is 24.1 Å². The predicted octanol–water partition coefficient (Wildman–Crippen LogP) is 2.83. The molecule has 146 valence electrons. The van der Waals surface area contributed by atoms with Crippen LogP contribution in [0.2, 0.25) is 0 Å². The van der Waals surface area contributed by atoms with E-state index in [9.17, 15) is 9.59 Å². The Kier molecular flexibility index (Phi) is 6.90. The van der Waals surface area contributed by atoms with Gasteiger partial charge in [-0.2, -0.15) is 0 Å². The molecule has 1 aromatic carbocycles. The van der Waals surface area contributed by atoms with Gasteiger partial charge in [0.1, 0.15) is 0 Å². The fourth-order valence-corrected chi connectivity index (χ4v) is 3.93. The molecule has 1 aliphatic rings. The molecule has 1 fully saturated rings. The highest BCUT2D eigenvalue weighted by atomic mass is 32.2. The van der Waals surface area contributed by atoms with E-state index in [0.717, 1.165) is 25.9 Å². The molecule has 2 heterocycles. The topological polar surface area (TPSA) is 73.2 Å². The quantitative estimate of drug-likeness (QED) is 0.555. The SMILES string of the molecule is CC(C)CCNC(=O)CSc1nc2ccccc2c(=O)n1CC1CCCO1. The van der Waals surface area contributed by atoms with Crippen LogP contribution in [-0.4, -0.2) is 40.5 Å².